The molecule has 1 aliphatic heterocycles. The lowest BCUT2D eigenvalue weighted by atomic mass is 10.2. The van der Waals surface area contributed by atoms with Crippen molar-refractivity contribution in [3.8, 4) is 0 Å². The van der Waals surface area contributed by atoms with Gasteiger partial charge >= 0.3 is 0 Å². The molecule has 2 N–H and O–H groups in total. The monoisotopic (exact) mass is 312 g/mol. The molecular formula is C17H36N4O. The molecule has 1 fully saturated rings. The number of ether oxygens (including phenoxy) is 1. The van der Waals surface area contributed by atoms with Crippen molar-refractivity contribution >= 4 is 5.96 Å². The summed E-state index contributed by atoms with van der Waals surface area (Å²) in [5.41, 5.74) is 0. The molecule has 0 bridgehead atoms. The molecule has 1 aliphatic rings. The van der Waals surface area contributed by atoms with Gasteiger partial charge in [-0.15, -0.1) is 0 Å². The van der Waals surface area contributed by atoms with Crippen LogP contribution in [0.25, 0.3) is 0 Å². The molecule has 0 aliphatic carbocycles. The van der Waals surface area contributed by atoms with Crippen LogP contribution in [0.3, 0.4) is 0 Å². The number of unbranched alkanes of at least 4 members (excludes halogenated alkanes) is 2. The maximum atomic E-state index is 5.77. The molecule has 0 aromatic heterocycles. The average Bonchev–Trinajstić information content (AvgIpc) is 2.47. The average molecular weight is 313 g/mol. The highest BCUT2D eigenvalue weighted by Gasteiger charge is 2.21. The fourth-order valence-corrected chi connectivity index (χ4v) is 2.88. The van der Waals surface area contributed by atoms with Crippen LogP contribution in [0, 0.1) is 0 Å². The van der Waals surface area contributed by atoms with E-state index in [1.807, 2.05) is 0 Å². The summed E-state index contributed by atoms with van der Waals surface area (Å²) in [4.78, 5) is 7.17. The van der Waals surface area contributed by atoms with E-state index >= 15 is 0 Å². The molecule has 5 nitrogen and oxygen atoms in total. The van der Waals surface area contributed by atoms with Crippen LogP contribution in [0.5, 0.6) is 0 Å². The summed E-state index contributed by atoms with van der Waals surface area (Å²) >= 11 is 0. The number of nitrogens with zero attached hydrogens (tertiary/aromatic N) is 2. The van der Waals surface area contributed by atoms with Crippen LogP contribution in [0.2, 0.25) is 0 Å². The number of guanidine groups is 1. The van der Waals surface area contributed by atoms with Crippen molar-refractivity contribution < 1.29 is 4.74 Å². The van der Waals surface area contributed by atoms with Crippen LogP contribution in [0.1, 0.15) is 53.4 Å². The second-order valence-electron chi connectivity index (χ2n) is 6.26. The van der Waals surface area contributed by atoms with Gasteiger partial charge in [-0.3, -0.25) is 9.89 Å². The van der Waals surface area contributed by atoms with Crippen LogP contribution < -0.4 is 10.6 Å². The van der Waals surface area contributed by atoms with Gasteiger partial charge in [0, 0.05) is 39.3 Å². The maximum absolute atomic E-state index is 5.77. The standard InChI is InChI=1S/C17H36N4O/c1-5-7-8-10-19-17(18-6-2)20-11-9-12-21-13-15(3)22-16(4)14-21/h15-16H,5-14H2,1-4H3,(H2,18,19,20). The zero-order chi connectivity index (χ0) is 16.2. The molecule has 1 rings (SSSR count). The van der Waals surface area contributed by atoms with Crippen LogP contribution >= 0.6 is 0 Å². The smallest absolute Gasteiger partial charge is 0.191 e. The normalized spacial score (nSPS) is 23.5. The molecule has 0 radical (unpaired) electrons. The van der Waals surface area contributed by atoms with Crippen molar-refractivity contribution in [3.63, 3.8) is 0 Å². The summed E-state index contributed by atoms with van der Waals surface area (Å²) in [6, 6.07) is 0. The van der Waals surface area contributed by atoms with Crippen molar-refractivity contribution in [2.24, 2.45) is 4.99 Å². The third-order valence-corrected chi connectivity index (χ3v) is 3.81. The summed E-state index contributed by atoms with van der Waals surface area (Å²) < 4.78 is 5.77. The van der Waals surface area contributed by atoms with Crippen LogP contribution in [0.15, 0.2) is 4.99 Å². The first-order valence-electron chi connectivity index (χ1n) is 9.05. The van der Waals surface area contributed by atoms with Crippen molar-refractivity contribution in [1.29, 1.82) is 0 Å². The molecular weight excluding hydrogens is 276 g/mol. The van der Waals surface area contributed by atoms with Gasteiger partial charge in [0.05, 0.1) is 12.2 Å². The van der Waals surface area contributed by atoms with Gasteiger partial charge in [0.15, 0.2) is 5.96 Å². The van der Waals surface area contributed by atoms with E-state index in [0.717, 1.165) is 51.6 Å². The zero-order valence-corrected chi connectivity index (χ0v) is 15.0. The Hall–Kier alpha value is -0.810. The Morgan fingerprint density at radius 1 is 1.09 bits per heavy atom. The highest BCUT2D eigenvalue weighted by molar-refractivity contribution is 5.79. The maximum Gasteiger partial charge on any atom is 0.191 e. The number of rotatable bonds is 9. The van der Waals surface area contributed by atoms with Crippen molar-refractivity contribution in [2.75, 3.05) is 39.3 Å². The molecule has 1 saturated heterocycles. The third kappa shape index (κ3) is 8.59. The fourth-order valence-electron chi connectivity index (χ4n) is 2.88. The van der Waals surface area contributed by atoms with E-state index in [9.17, 15) is 0 Å². The van der Waals surface area contributed by atoms with Gasteiger partial charge in [-0.1, -0.05) is 19.8 Å². The minimum absolute atomic E-state index is 0.352. The first kappa shape index (κ1) is 19.2. The predicted molar refractivity (Wildman–Crippen MR) is 94.6 cm³/mol. The molecule has 0 amide bonds. The molecule has 0 saturated carbocycles. The van der Waals surface area contributed by atoms with Crippen molar-refractivity contribution in [2.45, 2.75) is 65.6 Å². The Balaban J connectivity index is 2.22. The second kappa shape index (κ2) is 11.7. The van der Waals surface area contributed by atoms with Gasteiger partial charge in [0.1, 0.15) is 0 Å². The minimum Gasteiger partial charge on any atom is -0.373 e. The van der Waals surface area contributed by atoms with Gasteiger partial charge in [-0.2, -0.15) is 0 Å². The molecule has 5 heteroatoms. The summed E-state index contributed by atoms with van der Waals surface area (Å²) in [7, 11) is 0. The molecule has 0 aromatic carbocycles. The number of morpholine rings is 1. The molecule has 2 unspecified atom stereocenters. The third-order valence-electron chi connectivity index (χ3n) is 3.81. The molecule has 0 spiro atoms. The first-order chi connectivity index (χ1) is 10.7. The van der Waals surface area contributed by atoms with Crippen LogP contribution in [0.4, 0.5) is 0 Å². The lowest BCUT2D eigenvalue weighted by molar-refractivity contribution is -0.0679. The van der Waals surface area contributed by atoms with E-state index in [-0.39, 0.29) is 0 Å². The van der Waals surface area contributed by atoms with Gasteiger partial charge in [0.2, 0.25) is 0 Å². The van der Waals surface area contributed by atoms with Gasteiger partial charge in [-0.05, 0) is 33.6 Å². The van der Waals surface area contributed by atoms with E-state index in [2.05, 4.69) is 48.2 Å². The lowest BCUT2D eigenvalue weighted by Gasteiger charge is -2.35. The Labute approximate surface area is 136 Å². The predicted octanol–water partition coefficient (Wildman–Crippen LogP) is 2.23. The molecule has 0 aromatic rings. The molecule has 1 heterocycles. The minimum atomic E-state index is 0.352. The van der Waals surface area contributed by atoms with E-state index in [0.29, 0.717) is 12.2 Å². The lowest BCUT2D eigenvalue weighted by Crippen LogP contribution is -2.45. The quantitative estimate of drug-likeness (QED) is 0.389. The Bertz CT molecular complexity index is 299. The highest BCUT2D eigenvalue weighted by atomic mass is 16.5. The number of aliphatic imine (C=N–C) groups is 1. The van der Waals surface area contributed by atoms with Crippen molar-refractivity contribution in [1.82, 2.24) is 15.5 Å². The summed E-state index contributed by atoms with van der Waals surface area (Å²) in [5, 5.41) is 6.73. The van der Waals surface area contributed by atoms with Crippen LogP contribution in [-0.2, 0) is 4.74 Å². The van der Waals surface area contributed by atoms with Gasteiger partial charge in [-0.25, -0.2) is 0 Å². The number of hydrogen-bond acceptors (Lipinski definition) is 3. The van der Waals surface area contributed by atoms with E-state index in [1.54, 1.807) is 0 Å². The van der Waals surface area contributed by atoms with Gasteiger partial charge in [0.25, 0.3) is 0 Å². The summed E-state index contributed by atoms with van der Waals surface area (Å²) in [5.74, 6) is 0.960. The van der Waals surface area contributed by atoms with E-state index in [4.69, 9.17) is 4.74 Å². The van der Waals surface area contributed by atoms with Crippen molar-refractivity contribution in [3.05, 3.63) is 0 Å². The van der Waals surface area contributed by atoms with E-state index < -0.39 is 0 Å². The molecule has 130 valence electrons. The Morgan fingerprint density at radius 3 is 2.45 bits per heavy atom. The zero-order valence-electron chi connectivity index (χ0n) is 15.0. The summed E-state index contributed by atoms with van der Waals surface area (Å²) in [6.07, 6.45) is 5.55. The molecule has 2 atom stereocenters. The number of nitrogens with one attached hydrogen (secondary N) is 2. The topological polar surface area (TPSA) is 48.9 Å². The van der Waals surface area contributed by atoms with Crippen LogP contribution in [-0.4, -0.2) is 62.3 Å². The Kier molecular flexibility index (Phi) is 10.2. The Morgan fingerprint density at radius 2 is 1.82 bits per heavy atom. The fraction of sp³-hybridized carbons (Fsp3) is 0.941. The largest absolute Gasteiger partial charge is 0.373 e. The summed E-state index contributed by atoms with van der Waals surface area (Å²) in [6.45, 7) is 14.7. The first-order valence-corrected chi connectivity index (χ1v) is 9.05. The second-order valence-corrected chi connectivity index (χ2v) is 6.26. The number of hydrogen-bond donors (Lipinski definition) is 2. The highest BCUT2D eigenvalue weighted by Crippen LogP contribution is 2.10. The SMILES string of the molecule is CCCCCNC(=NCCCN1CC(C)OC(C)C1)NCC. The molecule has 22 heavy (non-hydrogen) atoms. The van der Waals surface area contributed by atoms with Gasteiger partial charge < -0.3 is 15.4 Å². The van der Waals surface area contributed by atoms with E-state index in [1.165, 1.54) is 19.3 Å².